The first kappa shape index (κ1) is 23.3. The highest BCUT2D eigenvalue weighted by Crippen LogP contribution is 2.33. The second kappa shape index (κ2) is 9.67. The Morgan fingerprint density at radius 3 is 2.66 bits per heavy atom. The summed E-state index contributed by atoms with van der Waals surface area (Å²) in [5.41, 5.74) is 1.06. The molecule has 2 atom stereocenters. The first-order valence-electron chi connectivity index (χ1n) is 11.9. The highest BCUT2D eigenvalue weighted by Gasteiger charge is 2.31. The van der Waals surface area contributed by atoms with Crippen molar-refractivity contribution in [1.29, 1.82) is 0 Å². The lowest BCUT2D eigenvalue weighted by Crippen LogP contribution is -2.37. The van der Waals surface area contributed by atoms with Crippen LogP contribution in [0.5, 0.6) is 0 Å². The van der Waals surface area contributed by atoms with Crippen LogP contribution in [0.4, 0.5) is 17.3 Å². The fourth-order valence-corrected chi connectivity index (χ4v) is 4.90. The van der Waals surface area contributed by atoms with Crippen molar-refractivity contribution in [2.45, 2.75) is 56.4 Å². The van der Waals surface area contributed by atoms with Gasteiger partial charge in [0.15, 0.2) is 5.65 Å². The van der Waals surface area contributed by atoms with Gasteiger partial charge in [-0.25, -0.2) is 4.98 Å². The van der Waals surface area contributed by atoms with Crippen LogP contribution in [0.15, 0.2) is 35.4 Å². The normalized spacial score (nSPS) is 23.7. The number of pyridine rings is 1. The van der Waals surface area contributed by atoms with E-state index in [2.05, 4.69) is 26.0 Å². The quantitative estimate of drug-likeness (QED) is 0.448. The van der Waals surface area contributed by atoms with Crippen molar-refractivity contribution in [3.05, 3.63) is 46.5 Å². The first-order chi connectivity index (χ1) is 17.0. The number of anilines is 3. The largest absolute Gasteiger partial charge is 0.381 e. The van der Waals surface area contributed by atoms with Crippen molar-refractivity contribution in [3.8, 4) is 0 Å². The summed E-state index contributed by atoms with van der Waals surface area (Å²) in [6, 6.07) is 5.50. The maximum absolute atomic E-state index is 13.1. The number of ether oxygens (including phenoxy) is 2. The predicted octanol–water partition coefficient (Wildman–Crippen LogP) is 2.32. The van der Waals surface area contributed by atoms with Gasteiger partial charge >= 0.3 is 0 Å². The molecule has 2 fully saturated rings. The maximum atomic E-state index is 13.1. The van der Waals surface area contributed by atoms with Gasteiger partial charge in [0.05, 0.1) is 18.4 Å². The van der Waals surface area contributed by atoms with Gasteiger partial charge in [-0.3, -0.25) is 9.59 Å². The Morgan fingerprint density at radius 1 is 1.14 bits per heavy atom. The molecule has 0 bridgehead atoms. The third-order valence-corrected chi connectivity index (χ3v) is 7.06. The fraction of sp³-hybridized carbons (Fsp3) is 0.500. The standard InChI is InChI=1S/C24H31N7O4/c1-25-21-12-20(28-19-5-4-8-30(24(19)33)15-10-17(11-15)35-3)29-22-18(13-26-31(21)22)23(32)27-14-6-7-16(9-14)34-2/h4-5,8,12-17,25H,6-7,9-11H2,1-3H3,(H,27,32)(H,28,29)/t14-,15-,16-,17-/m1/s1. The van der Waals surface area contributed by atoms with Crippen molar-refractivity contribution in [2.24, 2.45) is 0 Å². The van der Waals surface area contributed by atoms with Gasteiger partial charge in [0.2, 0.25) is 0 Å². The molecule has 5 rings (SSSR count). The number of carbonyl (C=O) groups is 1. The molecule has 0 unspecified atom stereocenters. The molecule has 3 heterocycles. The van der Waals surface area contributed by atoms with Crippen LogP contribution in [0.2, 0.25) is 0 Å². The third kappa shape index (κ3) is 4.48. The molecule has 1 amide bonds. The Bertz CT molecular complexity index is 1280. The van der Waals surface area contributed by atoms with Crippen LogP contribution in [0.3, 0.4) is 0 Å². The molecule has 0 aromatic carbocycles. The highest BCUT2D eigenvalue weighted by atomic mass is 16.5. The monoisotopic (exact) mass is 481 g/mol. The van der Waals surface area contributed by atoms with Crippen LogP contribution in [-0.4, -0.2) is 64.6 Å². The molecule has 0 saturated heterocycles. The number of fused-ring (bicyclic) bond motifs is 1. The average Bonchev–Trinajstić information content (AvgIpc) is 3.47. The number of methoxy groups -OCH3 is 2. The van der Waals surface area contributed by atoms with Crippen molar-refractivity contribution in [2.75, 3.05) is 31.9 Å². The van der Waals surface area contributed by atoms with Crippen LogP contribution in [0.25, 0.3) is 5.65 Å². The van der Waals surface area contributed by atoms with E-state index in [0.29, 0.717) is 28.5 Å². The zero-order chi connectivity index (χ0) is 24.5. The van der Waals surface area contributed by atoms with Crippen LogP contribution in [0.1, 0.15) is 48.5 Å². The van der Waals surface area contributed by atoms with Crippen LogP contribution in [-0.2, 0) is 9.47 Å². The fourth-order valence-electron chi connectivity index (χ4n) is 4.90. The van der Waals surface area contributed by atoms with Gasteiger partial charge in [0.1, 0.15) is 22.9 Å². The number of nitrogens with zero attached hydrogens (tertiary/aromatic N) is 4. The average molecular weight is 482 g/mol. The summed E-state index contributed by atoms with van der Waals surface area (Å²) in [6.07, 6.45) is 7.90. The Hall–Kier alpha value is -3.44. The van der Waals surface area contributed by atoms with E-state index >= 15 is 0 Å². The highest BCUT2D eigenvalue weighted by molar-refractivity contribution is 6.00. The number of amides is 1. The number of carbonyl (C=O) groups excluding carboxylic acids is 1. The molecule has 3 aromatic rings. The number of rotatable bonds is 8. The minimum atomic E-state index is -0.229. The summed E-state index contributed by atoms with van der Waals surface area (Å²) in [5.74, 6) is 0.846. The van der Waals surface area contributed by atoms with E-state index in [-0.39, 0.29) is 35.8 Å². The summed E-state index contributed by atoms with van der Waals surface area (Å²) in [7, 11) is 5.15. The lowest BCUT2D eigenvalue weighted by molar-refractivity contribution is 0.00522. The molecule has 3 aromatic heterocycles. The summed E-state index contributed by atoms with van der Waals surface area (Å²) in [5, 5.41) is 13.7. The molecule has 2 aliphatic carbocycles. The molecule has 2 saturated carbocycles. The summed E-state index contributed by atoms with van der Waals surface area (Å²) >= 11 is 0. The number of nitrogens with one attached hydrogen (secondary N) is 3. The Balaban J connectivity index is 1.41. The van der Waals surface area contributed by atoms with E-state index in [0.717, 1.165) is 32.1 Å². The smallest absolute Gasteiger partial charge is 0.274 e. The van der Waals surface area contributed by atoms with Crippen molar-refractivity contribution >= 4 is 28.9 Å². The van der Waals surface area contributed by atoms with E-state index in [1.54, 1.807) is 48.7 Å². The molecule has 11 heteroatoms. The van der Waals surface area contributed by atoms with E-state index in [1.165, 1.54) is 6.20 Å². The zero-order valence-corrected chi connectivity index (χ0v) is 20.2. The van der Waals surface area contributed by atoms with Crippen LogP contribution in [0, 0.1) is 0 Å². The minimum Gasteiger partial charge on any atom is -0.381 e. The summed E-state index contributed by atoms with van der Waals surface area (Å²) in [4.78, 5) is 30.8. The molecule has 186 valence electrons. The maximum Gasteiger partial charge on any atom is 0.274 e. The van der Waals surface area contributed by atoms with E-state index in [1.807, 2.05) is 6.07 Å². The molecule has 3 N–H and O–H groups in total. The summed E-state index contributed by atoms with van der Waals surface area (Å²) < 4.78 is 14.1. The lowest BCUT2D eigenvalue weighted by Gasteiger charge is -2.35. The Labute approximate surface area is 202 Å². The number of hydrogen-bond acceptors (Lipinski definition) is 8. The van der Waals surface area contributed by atoms with Gasteiger partial charge in [-0.05, 0) is 44.2 Å². The second-order valence-corrected chi connectivity index (χ2v) is 9.15. The zero-order valence-electron chi connectivity index (χ0n) is 20.2. The Morgan fingerprint density at radius 2 is 1.94 bits per heavy atom. The van der Waals surface area contributed by atoms with Gasteiger partial charge in [-0.15, -0.1) is 0 Å². The predicted molar refractivity (Wildman–Crippen MR) is 131 cm³/mol. The molecule has 11 nitrogen and oxygen atoms in total. The molecule has 0 spiro atoms. The van der Waals surface area contributed by atoms with E-state index in [4.69, 9.17) is 9.47 Å². The minimum absolute atomic E-state index is 0.0551. The third-order valence-electron chi connectivity index (χ3n) is 7.06. The SMILES string of the molecule is CNc1cc(Nc2cccn([C@H]3C[C@H](OC)C3)c2=O)nc2c(C(=O)N[C@@H]3CC[C@@H](OC)C3)cnn12. The van der Waals surface area contributed by atoms with Crippen molar-refractivity contribution in [3.63, 3.8) is 0 Å². The van der Waals surface area contributed by atoms with Crippen molar-refractivity contribution < 1.29 is 14.3 Å². The first-order valence-corrected chi connectivity index (χ1v) is 11.9. The molecule has 0 radical (unpaired) electrons. The Kier molecular flexibility index (Phi) is 6.44. The molecular weight excluding hydrogens is 450 g/mol. The van der Waals surface area contributed by atoms with Gasteiger partial charge in [0, 0.05) is 45.6 Å². The molecule has 35 heavy (non-hydrogen) atoms. The molecular formula is C24H31N7O4. The van der Waals surface area contributed by atoms with Crippen LogP contribution < -0.4 is 21.5 Å². The van der Waals surface area contributed by atoms with Gasteiger partial charge in [0.25, 0.3) is 11.5 Å². The number of hydrogen-bond donors (Lipinski definition) is 3. The summed E-state index contributed by atoms with van der Waals surface area (Å²) in [6.45, 7) is 0. The molecule has 2 aliphatic rings. The van der Waals surface area contributed by atoms with Crippen LogP contribution >= 0.6 is 0 Å². The second-order valence-electron chi connectivity index (χ2n) is 9.15. The van der Waals surface area contributed by atoms with Gasteiger partial charge in [-0.1, -0.05) is 0 Å². The van der Waals surface area contributed by atoms with E-state index in [9.17, 15) is 9.59 Å². The van der Waals surface area contributed by atoms with E-state index < -0.39 is 0 Å². The molecule has 0 aliphatic heterocycles. The lowest BCUT2D eigenvalue weighted by atomic mass is 9.89. The topological polar surface area (TPSA) is 124 Å². The van der Waals surface area contributed by atoms with Crippen molar-refractivity contribution in [1.82, 2.24) is 24.5 Å². The van der Waals surface area contributed by atoms with Gasteiger partial charge < -0.3 is 30.0 Å². The number of aromatic nitrogens is 4. The van der Waals surface area contributed by atoms with Gasteiger partial charge in [-0.2, -0.15) is 9.61 Å².